The van der Waals surface area contributed by atoms with Crippen molar-refractivity contribution >= 4 is 16.9 Å². The number of rotatable bonds is 4. The van der Waals surface area contributed by atoms with Gasteiger partial charge in [-0.25, -0.2) is 4.79 Å². The number of carbonyl (C=O) groups is 1. The molecule has 168 valence electrons. The minimum Gasteiger partial charge on any atom is -0.508 e. The molecule has 0 spiro atoms. The van der Waals surface area contributed by atoms with Crippen LogP contribution in [0.4, 0.5) is 0 Å². The maximum absolute atomic E-state index is 12.5. The summed E-state index contributed by atoms with van der Waals surface area (Å²) in [6, 6.07) is 8.00. The van der Waals surface area contributed by atoms with Crippen LogP contribution in [-0.4, -0.2) is 61.2 Å². The molecule has 6 N–H and O–H groups in total. The van der Waals surface area contributed by atoms with Crippen LogP contribution in [0, 0.1) is 0 Å². The van der Waals surface area contributed by atoms with Crippen molar-refractivity contribution in [3.05, 3.63) is 46.6 Å². The van der Waals surface area contributed by atoms with Gasteiger partial charge < -0.3 is 44.5 Å². The highest BCUT2D eigenvalue weighted by molar-refractivity contribution is 5.89. The van der Waals surface area contributed by atoms with Crippen LogP contribution in [0.1, 0.15) is 6.42 Å². The number of aliphatic hydroxyl groups excluding tert-OH is 2. The molecule has 4 atom stereocenters. The zero-order valence-corrected chi connectivity index (χ0v) is 16.2. The molecule has 0 radical (unpaired) electrons. The fraction of sp³-hybridized carbons (Fsp3) is 0.238. The fourth-order valence-electron chi connectivity index (χ4n) is 3.39. The summed E-state index contributed by atoms with van der Waals surface area (Å²) in [5.74, 6) is -3.46. The Bertz CT molecular complexity index is 1230. The van der Waals surface area contributed by atoms with Gasteiger partial charge >= 0.3 is 5.97 Å². The van der Waals surface area contributed by atoms with Crippen molar-refractivity contribution in [1.29, 1.82) is 0 Å². The van der Waals surface area contributed by atoms with Crippen LogP contribution >= 0.6 is 0 Å². The number of fused-ring (bicyclic) bond motifs is 1. The molecular weight excluding hydrogens is 428 g/mol. The average Bonchev–Trinajstić information content (AvgIpc) is 2.74. The molecule has 0 aliphatic carbocycles. The second-order valence-corrected chi connectivity index (χ2v) is 7.20. The van der Waals surface area contributed by atoms with E-state index in [4.69, 9.17) is 19.0 Å². The van der Waals surface area contributed by atoms with Crippen molar-refractivity contribution in [2.24, 2.45) is 0 Å². The summed E-state index contributed by atoms with van der Waals surface area (Å²) in [4.78, 5) is 23.8. The number of hydrogen-bond acceptors (Lipinski definition) is 10. The first-order valence-corrected chi connectivity index (χ1v) is 9.39. The summed E-state index contributed by atoms with van der Waals surface area (Å²) in [6.07, 6.45) is -6.68. The lowest BCUT2D eigenvalue weighted by molar-refractivity contribution is -0.228. The summed E-state index contributed by atoms with van der Waals surface area (Å²) in [6.45, 7) is 0. The summed E-state index contributed by atoms with van der Waals surface area (Å²) in [7, 11) is 0. The average molecular weight is 446 g/mol. The molecule has 11 nitrogen and oxygen atoms in total. The Morgan fingerprint density at radius 2 is 1.72 bits per heavy atom. The topological polar surface area (TPSA) is 187 Å². The molecule has 4 rings (SSSR count). The molecule has 3 aromatic rings. The van der Waals surface area contributed by atoms with Gasteiger partial charge in [0, 0.05) is 24.1 Å². The number of carboxylic acids is 1. The Kier molecular flexibility index (Phi) is 5.38. The molecule has 32 heavy (non-hydrogen) atoms. The van der Waals surface area contributed by atoms with Crippen LogP contribution in [0.3, 0.4) is 0 Å². The smallest absolute Gasteiger partial charge is 0.335 e. The van der Waals surface area contributed by atoms with E-state index in [2.05, 4.69) is 0 Å². The van der Waals surface area contributed by atoms with E-state index in [-0.39, 0.29) is 28.9 Å². The second kappa shape index (κ2) is 8.04. The molecule has 0 amide bonds. The summed E-state index contributed by atoms with van der Waals surface area (Å²) in [5, 5.41) is 58.5. The standard InChI is InChI=1S/C21H18O11/c22-9-3-1-8(2-4-9)12-5-10(23)16-13(30-12)7-14(18(26)19(16)27)31-15-6-11(24)17(25)20(32-15)21(28)29/h1-5,7,11,15,17,20,22,24-27H,6H2,(H,28,29)/t11-,15-,17+,20+/m1/s1. The van der Waals surface area contributed by atoms with Gasteiger partial charge in [0.2, 0.25) is 12.0 Å². The molecule has 0 unspecified atom stereocenters. The highest BCUT2D eigenvalue weighted by atomic mass is 16.7. The van der Waals surface area contributed by atoms with Gasteiger partial charge in [0.05, 0.1) is 6.10 Å². The largest absolute Gasteiger partial charge is 0.508 e. The monoisotopic (exact) mass is 446 g/mol. The van der Waals surface area contributed by atoms with E-state index in [1.165, 1.54) is 24.3 Å². The van der Waals surface area contributed by atoms with Crippen molar-refractivity contribution in [3.63, 3.8) is 0 Å². The maximum atomic E-state index is 12.5. The van der Waals surface area contributed by atoms with E-state index in [0.717, 1.165) is 12.1 Å². The molecule has 2 heterocycles. The van der Waals surface area contributed by atoms with Crippen LogP contribution in [-0.2, 0) is 9.53 Å². The number of phenols is 3. The maximum Gasteiger partial charge on any atom is 0.335 e. The van der Waals surface area contributed by atoms with Crippen LogP contribution < -0.4 is 10.2 Å². The first kappa shape index (κ1) is 21.4. The normalized spacial score (nSPS) is 23.2. The third-order valence-corrected chi connectivity index (χ3v) is 5.02. The predicted octanol–water partition coefficient (Wildman–Crippen LogP) is 0.877. The van der Waals surface area contributed by atoms with Gasteiger partial charge in [-0.3, -0.25) is 4.79 Å². The number of hydrogen-bond donors (Lipinski definition) is 6. The van der Waals surface area contributed by atoms with Gasteiger partial charge in [0.15, 0.2) is 23.0 Å². The summed E-state index contributed by atoms with van der Waals surface area (Å²) < 4.78 is 16.2. The molecule has 0 saturated carbocycles. The number of aromatic hydroxyl groups is 3. The quantitative estimate of drug-likeness (QED) is 0.312. The van der Waals surface area contributed by atoms with Gasteiger partial charge in [-0.2, -0.15) is 0 Å². The van der Waals surface area contributed by atoms with E-state index < -0.39 is 53.2 Å². The van der Waals surface area contributed by atoms with Crippen molar-refractivity contribution in [3.8, 4) is 34.3 Å². The third-order valence-electron chi connectivity index (χ3n) is 5.02. The Labute approximate surface area is 178 Å². The van der Waals surface area contributed by atoms with Crippen LogP contribution in [0.2, 0.25) is 0 Å². The van der Waals surface area contributed by atoms with Gasteiger partial charge in [-0.15, -0.1) is 0 Å². The summed E-state index contributed by atoms with van der Waals surface area (Å²) in [5.41, 5.74) is -0.363. The van der Waals surface area contributed by atoms with E-state index in [0.29, 0.717) is 5.56 Å². The first-order chi connectivity index (χ1) is 15.2. The number of aliphatic hydroxyl groups is 2. The van der Waals surface area contributed by atoms with Crippen LogP contribution in [0.5, 0.6) is 23.0 Å². The molecule has 1 saturated heterocycles. The van der Waals surface area contributed by atoms with Crippen LogP contribution in [0.15, 0.2) is 45.6 Å². The van der Waals surface area contributed by atoms with E-state index in [1.54, 1.807) is 0 Å². The number of phenolic OH excluding ortho intramolecular Hbond substituents is 3. The van der Waals surface area contributed by atoms with Crippen LogP contribution in [0.25, 0.3) is 22.3 Å². The first-order valence-electron chi connectivity index (χ1n) is 9.39. The molecule has 2 aromatic carbocycles. The summed E-state index contributed by atoms with van der Waals surface area (Å²) >= 11 is 0. The van der Waals surface area contributed by atoms with Gasteiger partial charge in [-0.05, 0) is 24.3 Å². The van der Waals surface area contributed by atoms with Crippen molar-refractivity contribution in [2.75, 3.05) is 0 Å². The Morgan fingerprint density at radius 1 is 1.03 bits per heavy atom. The minimum absolute atomic E-state index is 0.00888. The molecule has 0 bridgehead atoms. The molecule has 1 aromatic heterocycles. The number of ether oxygens (including phenoxy) is 2. The lowest BCUT2D eigenvalue weighted by Gasteiger charge is -2.34. The Balaban J connectivity index is 1.74. The predicted molar refractivity (Wildman–Crippen MR) is 106 cm³/mol. The zero-order valence-electron chi connectivity index (χ0n) is 16.2. The Hall–Kier alpha value is -3.80. The van der Waals surface area contributed by atoms with Gasteiger partial charge in [0.1, 0.15) is 28.6 Å². The lowest BCUT2D eigenvalue weighted by Crippen LogP contribution is -2.53. The highest BCUT2D eigenvalue weighted by Crippen LogP contribution is 2.42. The van der Waals surface area contributed by atoms with Crippen molar-refractivity contribution in [2.45, 2.75) is 31.0 Å². The molecule has 1 fully saturated rings. The lowest BCUT2D eigenvalue weighted by atomic mass is 10.0. The van der Waals surface area contributed by atoms with Gasteiger partial charge in [0.25, 0.3) is 0 Å². The fourth-order valence-corrected chi connectivity index (χ4v) is 3.39. The zero-order chi connectivity index (χ0) is 23.2. The minimum atomic E-state index is -1.78. The van der Waals surface area contributed by atoms with Gasteiger partial charge in [-0.1, -0.05) is 0 Å². The SMILES string of the molecule is O=C(O)[C@H]1O[C@@H](Oc2cc3oc(-c4ccc(O)cc4)cc(=O)c3c(O)c2O)C[C@@H](O)[C@@H]1O. The molecule has 11 heteroatoms. The second-order valence-electron chi connectivity index (χ2n) is 7.20. The molecule has 1 aliphatic rings. The van der Waals surface area contributed by atoms with E-state index >= 15 is 0 Å². The molecule has 1 aliphatic heterocycles. The Morgan fingerprint density at radius 3 is 2.38 bits per heavy atom. The van der Waals surface area contributed by atoms with Crippen molar-refractivity contribution in [1.82, 2.24) is 0 Å². The van der Waals surface area contributed by atoms with Crippen molar-refractivity contribution < 1.29 is 49.3 Å². The third kappa shape index (κ3) is 3.80. The highest BCUT2D eigenvalue weighted by Gasteiger charge is 2.42. The number of aliphatic carboxylic acids is 1. The molecular formula is C21H18O11. The number of carboxylic acid groups (broad SMARTS) is 1. The number of benzene rings is 2. The van der Waals surface area contributed by atoms with E-state index in [9.17, 15) is 35.1 Å². The van der Waals surface area contributed by atoms with E-state index in [1.807, 2.05) is 0 Å².